The molecular weight excluding hydrogens is 316 g/mol. The van der Waals surface area contributed by atoms with Crippen molar-refractivity contribution >= 4 is 0 Å². The molecule has 1 rings (SSSR count). The van der Waals surface area contributed by atoms with E-state index >= 15 is 0 Å². The lowest BCUT2D eigenvalue weighted by Crippen LogP contribution is -2.56. The van der Waals surface area contributed by atoms with Crippen molar-refractivity contribution in [3.63, 3.8) is 0 Å². The van der Waals surface area contributed by atoms with Crippen molar-refractivity contribution in [2.75, 3.05) is 20.1 Å². The molecule has 0 N–H and O–H groups in total. The molecule has 1 aliphatic rings. The van der Waals surface area contributed by atoms with Crippen molar-refractivity contribution < 1.29 is 4.48 Å². The van der Waals surface area contributed by atoms with Crippen LogP contribution in [-0.2, 0) is 0 Å². The summed E-state index contributed by atoms with van der Waals surface area (Å²) in [6, 6.07) is 0. The van der Waals surface area contributed by atoms with Gasteiger partial charge < -0.3 is 4.90 Å². The van der Waals surface area contributed by atoms with E-state index in [1.165, 1.54) is 101 Å². The van der Waals surface area contributed by atoms with Gasteiger partial charge in [-0.1, -0.05) is 66.7 Å². The van der Waals surface area contributed by atoms with Gasteiger partial charge in [-0.25, -0.2) is 0 Å². The van der Waals surface area contributed by atoms with E-state index < -0.39 is 0 Å². The highest BCUT2D eigenvalue weighted by atomic mass is 15.5. The Kier molecular flexibility index (Phi) is 11.6. The molecule has 0 amide bonds. The largest absolute Gasteiger partial charge is 0.324 e. The SMILES string of the molecule is CCCCC1=C(CCCC)[N+](CCCC)(CCCC)C(CCCC)N1C. The Labute approximate surface area is 165 Å². The monoisotopic (exact) mass is 365 g/mol. The molecule has 2 nitrogen and oxygen atoms in total. The Morgan fingerprint density at radius 1 is 0.692 bits per heavy atom. The van der Waals surface area contributed by atoms with E-state index in [1.54, 1.807) is 5.70 Å². The van der Waals surface area contributed by atoms with E-state index in [-0.39, 0.29) is 0 Å². The second kappa shape index (κ2) is 12.8. The zero-order chi connectivity index (χ0) is 19.4. The van der Waals surface area contributed by atoms with Crippen LogP contribution in [0, 0.1) is 0 Å². The van der Waals surface area contributed by atoms with Gasteiger partial charge in [0.05, 0.1) is 18.8 Å². The molecule has 0 aromatic carbocycles. The molecule has 0 saturated carbocycles. The van der Waals surface area contributed by atoms with Gasteiger partial charge in [0.15, 0.2) is 6.17 Å². The number of unbranched alkanes of at least 4 members (excludes halogenated alkanes) is 5. The van der Waals surface area contributed by atoms with Crippen molar-refractivity contribution in [1.29, 1.82) is 0 Å². The van der Waals surface area contributed by atoms with E-state index in [0.717, 1.165) is 0 Å². The number of hydrogen-bond acceptors (Lipinski definition) is 1. The lowest BCUT2D eigenvalue weighted by molar-refractivity contribution is -0.920. The third-order valence-electron chi connectivity index (χ3n) is 6.49. The van der Waals surface area contributed by atoms with Crippen molar-refractivity contribution in [2.45, 2.75) is 124 Å². The summed E-state index contributed by atoms with van der Waals surface area (Å²) in [7, 11) is 2.43. The molecule has 2 heteroatoms. The maximum Gasteiger partial charge on any atom is 0.168 e. The van der Waals surface area contributed by atoms with Crippen LogP contribution in [0.3, 0.4) is 0 Å². The van der Waals surface area contributed by atoms with E-state index in [1.807, 2.05) is 5.70 Å². The van der Waals surface area contributed by atoms with Gasteiger partial charge in [-0.15, -0.1) is 0 Å². The van der Waals surface area contributed by atoms with E-state index in [4.69, 9.17) is 0 Å². The van der Waals surface area contributed by atoms with Gasteiger partial charge in [0, 0.05) is 19.9 Å². The third-order valence-corrected chi connectivity index (χ3v) is 6.49. The summed E-state index contributed by atoms with van der Waals surface area (Å²) in [5.74, 6) is 0. The Morgan fingerprint density at radius 3 is 1.69 bits per heavy atom. The Morgan fingerprint density at radius 2 is 1.19 bits per heavy atom. The first kappa shape index (κ1) is 23.5. The number of hydrogen-bond donors (Lipinski definition) is 0. The fraction of sp³-hybridized carbons (Fsp3) is 0.917. The molecule has 154 valence electrons. The molecule has 1 aliphatic heterocycles. The molecule has 0 aromatic heterocycles. The van der Waals surface area contributed by atoms with Crippen molar-refractivity contribution in [3.05, 3.63) is 11.4 Å². The smallest absolute Gasteiger partial charge is 0.168 e. The van der Waals surface area contributed by atoms with E-state index in [2.05, 4.69) is 46.6 Å². The van der Waals surface area contributed by atoms with Gasteiger partial charge in [0.25, 0.3) is 0 Å². The molecular formula is C24H49N2+. The fourth-order valence-electron chi connectivity index (χ4n) is 4.92. The highest BCUT2D eigenvalue weighted by Gasteiger charge is 2.49. The van der Waals surface area contributed by atoms with Gasteiger partial charge >= 0.3 is 0 Å². The highest BCUT2D eigenvalue weighted by Crippen LogP contribution is 2.43. The molecule has 0 spiro atoms. The Balaban J connectivity index is 3.31. The summed E-state index contributed by atoms with van der Waals surface area (Å²) < 4.78 is 1.32. The molecule has 0 fully saturated rings. The average molecular weight is 366 g/mol. The first-order valence-electron chi connectivity index (χ1n) is 11.9. The molecule has 0 bridgehead atoms. The first-order valence-corrected chi connectivity index (χ1v) is 11.9. The van der Waals surface area contributed by atoms with Crippen LogP contribution in [0.4, 0.5) is 0 Å². The number of allylic oxidation sites excluding steroid dienone is 2. The molecule has 0 aliphatic carbocycles. The predicted molar refractivity (Wildman–Crippen MR) is 117 cm³/mol. The van der Waals surface area contributed by atoms with Crippen LogP contribution in [0.15, 0.2) is 11.4 Å². The highest BCUT2D eigenvalue weighted by molar-refractivity contribution is 5.14. The standard InChI is InChI=1S/C24H49N2/c1-7-12-17-22-23(18-13-8-2)26(20-15-10-4,21-16-11-5)24(25(22)6)19-14-9-3/h24H,7-21H2,1-6H3/q+1. The molecule has 1 atom stereocenters. The summed E-state index contributed by atoms with van der Waals surface area (Å²) in [6.07, 6.45) is 18.1. The average Bonchev–Trinajstić information content (AvgIpc) is 2.87. The number of rotatable bonds is 15. The van der Waals surface area contributed by atoms with Gasteiger partial charge in [0.2, 0.25) is 0 Å². The Hall–Kier alpha value is -0.500. The third kappa shape index (κ3) is 5.75. The zero-order valence-electron chi connectivity index (χ0n) is 19.1. The van der Waals surface area contributed by atoms with Crippen molar-refractivity contribution in [3.8, 4) is 0 Å². The lowest BCUT2D eigenvalue weighted by atomic mass is 10.0. The van der Waals surface area contributed by atoms with Crippen LogP contribution in [0.2, 0.25) is 0 Å². The van der Waals surface area contributed by atoms with Gasteiger partial charge in [0.1, 0.15) is 5.70 Å². The van der Waals surface area contributed by atoms with Crippen molar-refractivity contribution in [2.24, 2.45) is 0 Å². The maximum absolute atomic E-state index is 2.75. The summed E-state index contributed by atoms with van der Waals surface area (Å²) in [6.45, 7) is 14.5. The molecule has 1 unspecified atom stereocenters. The van der Waals surface area contributed by atoms with Gasteiger partial charge in [-0.05, 0) is 38.5 Å². The molecule has 0 radical (unpaired) electrons. The summed E-state index contributed by atoms with van der Waals surface area (Å²) in [5, 5.41) is 0. The van der Waals surface area contributed by atoms with Crippen LogP contribution < -0.4 is 0 Å². The second-order valence-electron chi connectivity index (χ2n) is 8.52. The predicted octanol–water partition coefficient (Wildman–Crippen LogP) is 7.46. The minimum absolute atomic E-state index is 0.701. The van der Waals surface area contributed by atoms with Gasteiger partial charge in [-0.3, -0.25) is 4.48 Å². The number of quaternary nitrogens is 1. The van der Waals surface area contributed by atoms with Crippen LogP contribution in [0.1, 0.15) is 118 Å². The lowest BCUT2D eigenvalue weighted by Gasteiger charge is -2.43. The van der Waals surface area contributed by atoms with Crippen molar-refractivity contribution in [1.82, 2.24) is 4.90 Å². The normalized spacial score (nSPS) is 19.6. The second-order valence-corrected chi connectivity index (χ2v) is 8.52. The molecule has 0 saturated heterocycles. The minimum Gasteiger partial charge on any atom is -0.324 e. The molecule has 1 heterocycles. The Bertz CT molecular complexity index is 391. The van der Waals surface area contributed by atoms with Crippen LogP contribution in [0.25, 0.3) is 0 Å². The first-order chi connectivity index (χ1) is 12.6. The number of nitrogens with zero attached hydrogens (tertiary/aromatic N) is 2. The van der Waals surface area contributed by atoms with E-state index in [9.17, 15) is 0 Å². The fourth-order valence-corrected chi connectivity index (χ4v) is 4.92. The van der Waals surface area contributed by atoms with E-state index in [0.29, 0.717) is 6.17 Å². The summed E-state index contributed by atoms with van der Waals surface area (Å²) in [5.41, 5.74) is 3.57. The van der Waals surface area contributed by atoms with Crippen LogP contribution >= 0.6 is 0 Å². The zero-order valence-corrected chi connectivity index (χ0v) is 19.1. The van der Waals surface area contributed by atoms with Gasteiger partial charge in [-0.2, -0.15) is 0 Å². The quantitative estimate of drug-likeness (QED) is 0.272. The molecule has 26 heavy (non-hydrogen) atoms. The maximum atomic E-state index is 2.75. The van der Waals surface area contributed by atoms with Crippen LogP contribution in [-0.4, -0.2) is 35.7 Å². The minimum atomic E-state index is 0.701. The summed E-state index contributed by atoms with van der Waals surface area (Å²) in [4.78, 5) is 2.75. The molecule has 0 aromatic rings. The topological polar surface area (TPSA) is 3.24 Å². The summed E-state index contributed by atoms with van der Waals surface area (Å²) >= 11 is 0. The van der Waals surface area contributed by atoms with Crippen LogP contribution in [0.5, 0.6) is 0 Å².